The van der Waals surface area contributed by atoms with E-state index in [-0.39, 0.29) is 5.76 Å². The minimum absolute atomic E-state index is 0.252. The van der Waals surface area contributed by atoms with Crippen LogP contribution in [0.25, 0.3) is 0 Å². The normalized spacial score (nSPS) is 29.9. The zero-order valence-corrected chi connectivity index (χ0v) is 9.18. The lowest BCUT2D eigenvalue weighted by atomic mass is 10.1. The molecule has 1 aliphatic heterocycles. The highest BCUT2D eigenvalue weighted by molar-refractivity contribution is 5.13. The SMILES string of the molecule is COC1OC(CO)C(O)C(O)=C1OCC(O)O. The van der Waals surface area contributed by atoms with E-state index < -0.39 is 43.8 Å². The van der Waals surface area contributed by atoms with Crippen molar-refractivity contribution in [3.05, 3.63) is 11.5 Å². The maximum absolute atomic E-state index is 9.62. The fraction of sp³-hybridized carbons (Fsp3) is 0.778. The van der Waals surface area contributed by atoms with Crippen LogP contribution in [0, 0.1) is 0 Å². The van der Waals surface area contributed by atoms with Gasteiger partial charge in [-0.3, -0.25) is 0 Å². The van der Waals surface area contributed by atoms with Gasteiger partial charge in [0, 0.05) is 7.11 Å². The Morgan fingerprint density at radius 1 is 1.41 bits per heavy atom. The third-order valence-electron chi connectivity index (χ3n) is 2.18. The summed E-state index contributed by atoms with van der Waals surface area (Å²) in [4.78, 5) is 0. The number of ether oxygens (including phenoxy) is 3. The van der Waals surface area contributed by atoms with Gasteiger partial charge in [0.15, 0.2) is 17.8 Å². The van der Waals surface area contributed by atoms with E-state index in [1.165, 1.54) is 7.11 Å². The molecule has 0 saturated carbocycles. The van der Waals surface area contributed by atoms with E-state index in [1.54, 1.807) is 0 Å². The van der Waals surface area contributed by atoms with Gasteiger partial charge in [-0.2, -0.15) is 0 Å². The summed E-state index contributed by atoms with van der Waals surface area (Å²) in [6, 6.07) is 0. The van der Waals surface area contributed by atoms with Crippen molar-refractivity contribution < 1.29 is 39.7 Å². The molecule has 100 valence electrons. The first-order valence-electron chi connectivity index (χ1n) is 4.90. The minimum atomic E-state index is -1.74. The molecule has 0 radical (unpaired) electrons. The number of hydrogen-bond acceptors (Lipinski definition) is 8. The summed E-state index contributed by atoms with van der Waals surface area (Å²) in [6.07, 6.45) is -5.36. The molecular weight excluding hydrogens is 236 g/mol. The van der Waals surface area contributed by atoms with Crippen LogP contribution in [-0.2, 0) is 14.2 Å². The average Bonchev–Trinajstić information content (AvgIpc) is 2.30. The van der Waals surface area contributed by atoms with Crippen molar-refractivity contribution in [1.29, 1.82) is 0 Å². The number of aliphatic hydroxyl groups excluding tert-OH is 4. The van der Waals surface area contributed by atoms with Gasteiger partial charge in [-0.05, 0) is 0 Å². The Bertz CT molecular complexity index is 276. The first-order valence-corrected chi connectivity index (χ1v) is 4.90. The summed E-state index contributed by atoms with van der Waals surface area (Å²) in [7, 11) is 1.27. The van der Waals surface area contributed by atoms with Crippen molar-refractivity contribution in [1.82, 2.24) is 0 Å². The maximum Gasteiger partial charge on any atom is 0.220 e. The summed E-state index contributed by atoms with van der Waals surface area (Å²) in [5.41, 5.74) is 0. The number of methoxy groups -OCH3 is 1. The smallest absolute Gasteiger partial charge is 0.220 e. The molecule has 5 N–H and O–H groups in total. The molecule has 8 nitrogen and oxygen atoms in total. The van der Waals surface area contributed by atoms with Crippen molar-refractivity contribution in [2.45, 2.75) is 24.8 Å². The van der Waals surface area contributed by atoms with Crippen LogP contribution in [0.4, 0.5) is 0 Å². The molecule has 0 spiro atoms. The Kier molecular flexibility index (Phi) is 5.12. The van der Waals surface area contributed by atoms with Crippen LogP contribution >= 0.6 is 0 Å². The summed E-state index contributed by atoms with van der Waals surface area (Å²) in [6.45, 7) is -1.03. The lowest BCUT2D eigenvalue weighted by molar-refractivity contribution is -0.211. The Hall–Kier alpha value is -0.900. The molecule has 0 aliphatic carbocycles. The predicted octanol–water partition coefficient (Wildman–Crippen LogP) is -2.19. The molecule has 0 amide bonds. The predicted molar refractivity (Wildman–Crippen MR) is 52.6 cm³/mol. The molecular formula is C9H16O8. The zero-order valence-electron chi connectivity index (χ0n) is 9.18. The molecule has 1 heterocycles. The quantitative estimate of drug-likeness (QED) is 0.349. The number of rotatable bonds is 5. The van der Waals surface area contributed by atoms with Gasteiger partial charge >= 0.3 is 0 Å². The zero-order chi connectivity index (χ0) is 13.0. The van der Waals surface area contributed by atoms with Gasteiger partial charge in [0.05, 0.1) is 6.61 Å². The molecule has 1 rings (SSSR count). The molecule has 0 aromatic rings. The number of hydrogen-bond donors (Lipinski definition) is 5. The standard InChI is InChI=1S/C9H16O8/c1-15-9-8(16-3-5(11)12)7(14)6(13)4(2-10)17-9/h4-6,9-14H,2-3H2,1H3. The van der Waals surface area contributed by atoms with E-state index >= 15 is 0 Å². The van der Waals surface area contributed by atoms with Crippen LogP contribution in [0.15, 0.2) is 11.5 Å². The third-order valence-corrected chi connectivity index (χ3v) is 2.18. The lowest BCUT2D eigenvalue weighted by Gasteiger charge is -2.33. The van der Waals surface area contributed by atoms with Crippen molar-refractivity contribution in [2.24, 2.45) is 0 Å². The van der Waals surface area contributed by atoms with Gasteiger partial charge in [0.2, 0.25) is 6.29 Å². The molecule has 0 bridgehead atoms. The fourth-order valence-corrected chi connectivity index (χ4v) is 1.35. The van der Waals surface area contributed by atoms with E-state index in [9.17, 15) is 10.2 Å². The summed E-state index contributed by atoms with van der Waals surface area (Å²) in [5, 5.41) is 45.3. The van der Waals surface area contributed by atoms with Crippen LogP contribution in [0.5, 0.6) is 0 Å². The second kappa shape index (κ2) is 6.15. The van der Waals surface area contributed by atoms with Gasteiger partial charge in [0.1, 0.15) is 18.8 Å². The van der Waals surface area contributed by atoms with Crippen molar-refractivity contribution in [3.8, 4) is 0 Å². The second-order valence-corrected chi connectivity index (χ2v) is 3.41. The van der Waals surface area contributed by atoms with Crippen molar-refractivity contribution >= 4 is 0 Å². The molecule has 0 aromatic heterocycles. The first kappa shape index (κ1) is 14.2. The van der Waals surface area contributed by atoms with E-state index in [2.05, 4.69) is 0 Å². The Labute approximate surface area is 97.3 Å². The average molecular weight is 252 g/mol. The topological polar surface area (TPSA) is 129 Å². The Morgan fingerprint density at radius 3 is 2.53 bits per heavy atom. The number of aliphatic hydroxyl groups is 5. The van der Waals surface area contributed by atoms with Crippen molar-refractivity contribution in [3.63, 3.8) is 0 Å². The molecule has 3 atom stereocenters. The van der Waals surface area contributed by atoms with E-state index in [1.807, 2.05) is 0 Å². The van der Waals surface area contributed by atoms with E-state index in [0.717, 1.165) is 0 Å². The van der Waals surface area contributed by atoms with Gasteiger partial charge in [-0.15, -0.1) is 0 Å². The molecule has 0 fully saturated rings. The highest BCUT2D eigenvalue weighted by Gasteiger charge is 2.38. The second-order valence-electron chi connectivity index (χ2n) is 3.41. The van der Waals surface area contributed by atoms with Crippen LogP contribution in [0.1, 0.15) is 0 Å². The van der Waals surface area contributed by atoms with E-state index in [0.29, 0.717) is 0 Å². The maximum atomic E-state index is 9.62. The van der Waals surface area contributed by atoms with Crippen LogP contribution in [-0.4, -0.2) is 70.6 Å². The fourth-order valence-electron chi connectivity index (χ4n) is 1.35. The summed E-state index contributed by atoms with van der Waals surface area (Å²) in [5.74, 6) is -0.819. The molecule has 17 heavy (non-hydrogen) atoms. The van der Waals surface area contributed by atoms with Gasteiger partial charge < -0.3 is 39.7 Å². The van der Waals surface area contributed by atoms with Gasteiger partial charge in [-0.25, -0.2) is 0 Å². The molecule has 1 aliphatic rings. The molecule has 0 aromatic carbocycles. The highest BCUT2D eigenvalue weighted by Crippen LogP contribution is 2.26. The van der Waals surface area contributed by atoms with Gasteiger partial charge in [0.25, 0.3) is 0 Å². The lowest BCUT2D eigenvalue weighted by Crippen LogP contribution is -2.44. The first-order chi connectivity index (χ1) is 8.01. The largest absolute Gasteiger partial charge is 0.506 e. The van der Waals surface area contributed by atoms with E-state index in [4.69, 9.17) is 29.5 Å². The molecule has 0 saturated heterocycles. The summed E-state index contributed by atoms with van der Waals surface area (Å²) < 4.78 is 14.8. The third kappa shape index (κ3) is 3.28. The Balaban J connectivity index is 2.83. The minimum Gasteiger partial charge on any atom is -0.506 e. The monoisotopic (exact) mass is 252 g/mol. The van der Waals surface area contributed by atoms with Crippen LogP contribution in [0.2, 0.25) is 0 Å². The molecule has 8 heteroatoms. The highest BCUT2D eigenvalue weighted by atomic mass is 16.7. The van der Waals surface area contributed by atoms with Crippen molar-refractivity contribution in [2.75, 3.05) is 20.3 Å². The van der Waals surface area contributed by atoms with Crippen LogP contribution in [0.3, 0.4) is 0 Å². The Morgan fingerprint density at radius 2 is 2.06 bits per heavy atom. The molecule has 3 unspecified atom stereocenters. The van der Waals surface area contributed by atoms with Gasteiger partial charge in [-0.1, -0.05) is 0 Å². The van der Waals surface area contributed by atoms with Crippen LogP contribution < -0.4 is 0 Å². The summed E-state index contributed by atoms with van der Waals surface area (Å²) >= 11 is 0.